The molecule has 5 nitrogen and oxygen atoms in total. The van der Waals surface area contributed by atoms with Crippen molar-refractivity contribution in [2.75, 3.05) is 6.54 Å². The molecule has 25 heavy (non-hydrogen) atoms. The summed E-state index contributed by atoms with van der Waals surface area (Å²) < 4.78 is 7.74. The molecule has 128 valence electrons. The van der Waals surface area contributed by atoms with Gasteiger partial charge in [-0.25, -0.2) is 0 Å². The van der Waals surface area contributed by atoms with Crippen LogP contribution in [0.4, 0.5) is 0 Å². The molecule has 0 aliphatic carbocycles. The second kappa shape index (κ2) is 6.72. The molecule has 2 atom stereocenters. The SMILES string of the molecule is CCN1C(=S)N[C@@H](c2ccccn2)[C@H]1c1cccn1Cc1ccco1. The lowest BCUT2D eigenvalue weighted by Gasteiger charge is -2.27. The molecule has 1 fully saturated rings. The van der Waals surface area contributed by atoms with Gasteiger partial charge in [-0.15, -0.1) is 0 Å². The van der Waals surface area contributed by atoms with Crippen molar-refractivity contribution in [3.63, 3.8) is 0 Å². The van der Waals surface area contributed by atoms with Gasteiger partial charge in [0.25, 0.3) is 0 Å². The van der Waals surface area contributed by atoms with E-state index in [-0.39, 0.29) is 12.1 Å². The fraction of sp³-hybridized carbons (Fsp3) is 0.263. The van der Waals surface area contributed by atoms with E-state index < -0.39 is 0 Å². The lowest BCUT2D eigenvalue weighted by molar-refractivity contribution is 0.314. The highest BCUT2D eigenvalue weighted by Crippen LogP contribution is 2.38. The molecule has 3 aromatic heterocycles. The molecule has 4 heterocycles. The first-order chi connectivity index (χ1) is 12.3. The van der Waals surface area contributed by atoms with Crippen LogP contribution in [0.3, 0.4) is 0 Å². The summed E-state index contributed by atoms with van der Waals surface area (Å²) in [5.74, 6) is 0.934. The number of nitrogens with zero attached hydrogens (tertiary/aromatic N) is 3. The average molecular weight is 352 g/mol. The molecular formula is C19H20N4OS. The van der Waals surface area contributed by atoms with Gasteiger partial charge in [-0.1, -0.05) is 6.07 Å². The predicted molar refractivity (Wildman–Crippen MR) is 100 cm³/mol. The Hall–Kier alpha value is -2.60. The smallest absolute Gasteiger partial charge is 0.170 e. The lowest BCUT2D eigenvalue weighted by atomic mass is 10.0. The molecule has 0 amide bonds. The second-order valence-corrected chi connectivity index (χ2v) is 6.44. The molecule has 0 aromatic carbocycles. The van der Waals surface area contributed by atoms with E-state index in [0.29, 0.717) is 6.54 Å². The largest absolute Gasteiger partial charge is 0.467 e. The summed E-state index contributed by atoms with van der Waals surface area (Å²) in [5, 5.41) is 4.23. The van der Waals surface area contributed by atoms with E-state index in [1.54, 1.807) is 6.26 Å². The molecule has 1 saturated heterocycles. The molecule has 1 N–H and O–H groups in total. The summed E-state index contributed by atoms with van der Waals surface area (Å²) in [6.07, 6.45) is 5.62. The lowest BCUT2D eigenvalue weighted by Crippen LogP contribution is -2.30. The molecule has 0 spiro atoms. The van der Waals surface area contributed by atoms with E-state index in [2.05, 4.69) is 45.0 Å². The van der Waals surface area contributed by atoms with E-state index in [1.165, 1.54) is 5.69 Å². The van der Waals surface area contributed by atoms with Gasteiger partial charge in [0.2, 0.25) is 0 Å². The Kier molecular flexibility index (Phi) is 4.28. The van der Waals surface area contributed by atoms with Crippen molar-refractivity contribution in [3.8, 4) is 0 Å². The van der Waals surface area contributed by atoms with Crippen molar-refractivity contribution < 1.29 is 4.42 Å². The molecule has 0 unspecified atom stereocenters. The zero-order valence-electron chi connectivity index (χ0n) is 14.0. The first-order valence-electron chi connectivity index (χ1n) is 8.43. The van der Waals surface area contributed by atoms with E-state index in [4.69, 9.17) is 16.6 Å². The maximum atomic E-state index is 5.59. The van der Waals surface area contributed by atoms with E-state index in [9.17, 15) is 0 Å². The Morgan fingerprint density at radius 3 is 2.84 bits per heavy atom. The molecule has 6 heteroatoms. The zero-order chi connectivity index (χ0) is 17.2. The third-order valence-corrected chi connectivity index (χ3v) is 4.96. The molecule has 1 aliphatic rings. The zero-order valence-corrected chi connectivity index (χ0v) is 14.8. The number of hydrogen-bond acceptors (Lipinski definition) is 3. The first-order valence-corrected chi connectivity index (χ1v) is 8.84. The number of nitrogens with one attached hydrogen (secondary N) is 1. The highest BCUT2D eigenvalue weighted by atomic mass is 32.1. The topological polar surface area (TPSA) is 46.2 Å². The van der Waals surface area contributed by atoms with Crippen molar-refractivity contribution in [1.82, 2.24) is 19.8 Å². The highest BCUT2D eigenvalue weighted by Gasteiger charge is 2.40. The third kappa shape index (κ3) is 2.93. The standard InChI is InChI=1S/C19H20N4OS/c1-2-23-18(17(21-19(23)25)15-8-3-4-10-20-15)16-9-5-11-22(16)13-14-7-6-12-24-14/h3-12,17-18H,2,13H2,1H3,(H,21,25)/t17-,18+/m0/s1. The van der Waals surface area contributed by atoms with Gasteiger partial charge < -0.3 is 19.2 Å². The Balaban J connectivity index is 1.73. The van der Waals surface area contributed by atoms with Gasteiger partial charge in [-0.2, -0.15) is 0 Å². The number of likely N-dealkylation sites (N-methyl/N-ethyl adjacent to an activating group) is 1. The van der Waals surface area contributed by atoms with Crippen molar-refractivity contribution in [1.29, 1.82) is 0 Å². The van der Waals surface area contributed by atoms with Crippen molar-refractivity contribution in [2.24, 2.45) is 0 Å². The quantitative estimate of drug-likeness (QED) is 0.712. The summed E-state index contributed by atoms with van der Waals surface area (Å²) in [5.41, 5.74) is 2.19. The minimum absolute atomic E-state index is 0.0268. The van der Waals surface area contributed by atoms with Crippen LogP contribution in [0.15, 0.2) is 65.5 Å². The molecule has 0 radical (unpaired) electrons. The molecule has 4 rings (SSSR count). The molecule has 0 bridgehead atoms. The van der Waals surface area contributed by atoms with Crippen LogP contribution in [0.1, 0.15) is 36.2 Å². The Morgan fingerprint density at radius 2 is 2.12 bits per heavy atom. The van der Waals surface area contributed by atoms with Crippen molar-refractivity contribution in [3.05, 3.63) is 78.3 Å². The minimum Gasteiger partial charge on any atom is -0.467 e. The first kappa shape index (κ1) is 15.9. The van der Waals surface area contributed by atoms with Crippen molar-refractivity contribution >= 4 is 17.3 Å². The Morgan fingerprint density at radius 1 is 1.20 bits per heavy atom. The number of aromatic nitrogens is 2. The molecule has 3 aromatic rings. The number of pyridine rings is 1. The fourth-order valence-corrected chi connectivity index (χ4v) is 3.85. The van der Waals surface area contributed by atoms with Crippen LogP contribution >= 0.6 is 12.2 Å². The number of hydrogen-bond donors (Lipinski definition) is 1. The van der Waals surface area contributed by atoms with Gasteiger partial charge >= 0.3 is 0 Å². The third-order valence-electron chi connectivity index (χ3n) is 4.61. The van der Waals surface area contributed by atoms with Crippen LogP contribution in [-0.2, 0) is 6.54 Å². The summed E-state index contributed by atoms with van der Waals surface area (Å²) >= 11 is 5.59. The molecular weight excluding hydrogens is 332 g/mol. The van der Waals surface area contributed by atoms with Gasteiger partial charge in [0.15, 0.2) is 5.11 Å². The van der Waals surface area contributed by atoms with Crippen LogP contribution in [-0.4, -0.2) is 26.1 Å². The van der Waals surface area contributed by atoms with Crippen LogP contribution in [0.2, 0.25) is 0 Å². The van der Waals surface area contributed by atoms with Gasteiger partial charge in [-0.05, 0) is 55.5 Å². The molecule has 0 saturated carbocycles. The molecule has 1 aliphatic heterocycles. The number of thiocarbonyl (C=S) groups is 1. The summed E-state index contributed by atoms with van der Waals surface area (Å²) in [4.78, 5) is 6.78. The summed E-state index contributed by atoms with van der Waals surface area (Å²) in [6.45, 7) is 3.67. The highest BCUT2D eigenvalue weighted by molar-refractivity contribution is 7.80. The maximum Gasteiger partial charge on any atom is 0.170 e. The van der Waals surface area contributed by atoms with E-state index in [0.717, 1.165) is 23.1 Å². The van der Waals surface area contributed by atoms with Crippen LogP contribution in [0.5, 0.6) is 0 Å². The number of furan rings is 1. The van der Waals surface area contributed by atoms with Gasteiger partial charge in [0.1, 0.15) is 5.76 Å². The minimum atomic E-state index is 0.0268. The summed E-state index contributed by atoms with van der Waals surface area (Å²) in [6, 6.07) is 14.3. The monoisotopic (exact) mass is 352 g/mol. The Labute approximate surface area is 152 Å². The Bertz CT molecular complexity index is 843. The fourth-order valence-electron chi connectivity index (χ4n) is 3.48. The van der Waals surface area contributed by atoms with Gasteiger partial charge in [0.05, 0.1) is 30.6 Å². The second-order valence-electron chi connectivity index (χ2n) is 6.05. The van der Waals surface area contributed by atoms with Gasteiger partial charge in [0, 0.05) is 24.6 Å². The van der Waals surface area contributed by atoms with Gasteiger partial charge in [-0.3, -0.25) is 4.98 Å². The normalized spacial score (nSPS) is 20.0. The maximum absolute atomic E-state index is 5.59. The van der Waals surface area contributed by atoms with Crippen LogP contribution in [0.25, 0.3) is 0 Å². The van der Waals surface area contributed by atoms with Crippen molar-refractivity contribution in [2.45, 2.75) is 25.6 Å². The predicted octanol–water partition coefficient (Wildman–Crippen LogP) is 3.52. The van der Waals surface area contributed by atoms with E-state index >= 15 is 0 Å². The average Bonchev–Trinajstić information content (AvgIpc) is 3.36. The van der Waals surface area contributed by atoms with E-state index in [1.807, 2.05) is 36.5 Å². The van der Waals surface area contributed by atoms with Crippen LogP contribution < -0.4 is 5.32 Å². The number of rotatable bonds is 5. The van der Waals surface area contributed by atoms with Crippen LogP contribution in [0, 0.1) is 0 Å². The summed E-state index contributed by atoms with van der Waals surface area (Å²) in [7, 11) is 0.